The minimum Gasteiger partial charge on any atom is -0.497 e. The average Bonchev–Trinajstić information content (AvgIpc) is 2.68. The number of nitrogens with one attached hydrogen (secondary N) is 1. The first-order valence-electron chi connectivity index (χ1n) is 8.77. The van der Waals surface area contributed by atoms with Crippen LogP contribution in [0.15, 0.2) is 36.5 Å². The van der Waals surface area contributed by atoms with E-state index in [9.17, 15) is 4.79 Å². The summed E-state index contributed by atoms with van der Waals surface area (Å²) < 4.78 is 5.17. The van der Waals surface area contributed by atoms with E-state index in [1.165, 1.54) is 0 Å². The molecule has 7 nitrogen and oxygen atoms in total. The summed E-state index contributed by atoms with van der Waals surface area (Å²) in [6, 6.07) is 9.53. The number of methoxy groups -OCH3 is 1. The van der Waals surface area contributed by atoms with Crippen LogP contribution in [0, 0.1) is 5.92 Å². The molecule has 2 heterocycles. The van der Waals surface area contributed by atoms with Gasteiger partial charge in [0.15, 0.2) is 0 Å². The Bertz CT molecular complexity index is 740. The van der Waals surface area contributed by atoms with E-state index in [1.54, 1.807) is 18.2 Å². The Morgan fingerprint density at radius 2 is 1.88 bits per heavy atom. The van der Waals surface area contributed by atoms with Crippen LogP contribution in [0.25, 0.3) is 0 Å². The Morgan fingerprint density at radius 1 is 1.19 bits per heavy atom. The van der Waals surface area contributed by atoms with Crippen molar-refractivity contribution in [1.29, 1.82) is 0 Å². The molecular weight excluding hydrogens is 330 g/mol. The number of nitrogens with zero attached hydrogens (tertiary/aromatic N) is 4. The number of carbonyl (C=O) groups excluding carboxylic acids is 1. The zero-order chi connectivity index (χ0) is 18.5. The lowest BCUT2D eigenvalue weighted by Gasteiger charge is -2.32. The number of ether oxygens (including phenoxy) is 1. The van der Waals surface area contributed by atoms with Gasteiger partial charge in [-0.1, -0.05) is 0 Å². The van der Waals surface area contributed by atoms with Crippen LogP contribution < -0.4 is 15.0 Å². The van der Waals surface area contributed by atoms with Crippen LogP contribution in [-0.4, -0.2) is 55.1 Å². The SMILES string of the molecule is COc1ccc(Nc2ccnc(N3CCC(C(=O)N(C)C)CC3)n2)cc1. The Balaban J connectivity index is 1.63. The highest BCUT2D eigenvalue weighted by Gasteiger charge is 2.27. The molecule has 0 unspecified atom stereocenters. The summed E-state index contributed by atoms with van der Waals surface area (Å²) in [5.41, 5.74) is 0.936. The molecule has 1 fully saturated rings. The number of piperidine rings is 1. The molecular formula is C19H25N5O2. The van der Waals surface area contributed by atoms with Crippen molar-refractivity contribution < 1.29 is 9.53 Å². The standard InChI is InChI=1S/C19H25N5O2/c1-23(2)18(25)14-9-12-24(13-10-14)19-20-11-8-17(22-19)21-15-4-6-16(26-3)7-5-15/h4-8,11,14H,9-10,12-13H2,1-3H3,(H,20,21,22). The summed E-state index contributed by atoms with van der Waals surface area (Å²) in [6.45, 7) is 1.58. The predicted molar refractivity (Wildman–Crippen MR) is 102 cm³/mol. The van der Waals surface area contributed by atoms with E-state index >= 15 is 0 Å². The first kappa shape index (κ1) is 18.0. The van der Waals surface area contributed by atoms with Crippen molar-refractivity contribution in [2.75, 3.05) is 44.5 Å². The molecule has 1 aliphatic heterocycles. The van der Waals surface area contributed by atoms with Gasteiger partial charge < -0.3 is 19.9 Å². The van der Waals surface area contributed by atoms with Crippen LogP contribution in [0.5, 0.6) is 5.75 Å². The number of rotatable bonds is 5. The molecule has 0 aliphatic carbocycles. The van der Waals surface area contributed by atoms with Crippen LogP contribution in [-0.2, 0) is 4.79 Å². The lowest BCUT2D eigenvalue weighted by atomic mass is 9.96. The van der Waals surface area contributed by atoms with Gasteiger partial charge in [0.2, 0.25) is 11.9 Å². The number of hydrogen-bond acceptors (Lipinski definition) is 6. The van der Waals surface area contributed by atoms with Crippen LogP contribution in [0.2, 0.25) is 0 Å². The number of hydrogen-bond donors (Lipinski definition) is 1. The van der Waals surface area contributed by atoms with Gasteiger partial charge in [-0.05, 0) is 43.2 Å². The molecule has 3 rings (SSSR count). The van der Waals surface area contributed by atoms with Gasteiger partial charge in [0.1, 0.15) is 11.6 Å². The first-order chi connectivity index (χ1) is 12.6. The Kier molecular flexibility index (Phi) is 5.55. The summed E-state index contributed by atoms with van der Waals surface area (Å²) in [5, 5.41) is 3.28. The molecule has 1 N–H and O–H groups in total. The second kappa shape index (κ2) is 8.03. The van der Waals surface area contributed by atoms with Crippen molar-refractivity contribution in [3.8, 4) is 5.75 Å². The third kappa shape index (κ3) is 4.22. The highest BCUT2D eigenvalue weighted by molar-refractivity contribution is 5.78. The van der Waals surface area contributed by atoms with E-state index in [2.05, 4.69) is 20.2 Å². The molecule has 1 amide bonds. The maximum Gasteiger partial charge on any atom is 0.227 e. The molecule has 7 heteroatoms. The maximum absolute atomic E-state index is 12.1. The largest absolute Gasteiger partial charge is 0.497 e. The van der Waals surface area contributed by atoms with Gasteiger partial charge >= 0.3 is 0 Å². The second-order valence-electron chi connectivity index (χ2n) is 6.59. The van der Waals surface area contributed by atoms with Gasteiger partial charge in [0.25, 0.3) is 0 Å². The number of carbonyl (C=O) groups is 1. The van der Waals surface area contributed by atoms with E-state index < -0.39 is 0 Å². The van der Waals surface area contributed by atoms with E-state index in [0.717, 1.165) is 43.2 Å². The van der Waals surface area contributed by atoms with E-state index in [1.807, 2.05) is 44.4 Å². The summed E-state index contributed by atoms with van der Waals surface area (Å²) in [5.74, 6) is 2.56. The Hall–Kier alpha value is -2.83. The summed E-state index contributed by atoms with van der Waals surface area (Å²) in [6.07, 6.45) is 3.41. The zero-order valence-corrected chi connectivity index (χ0v) is 15.5. The minimum absolute atomic E-state index is 0.0989. The predicted octanol–water partition coefficient (Wildman–Crippen LogP) is 2.53. The van der Waals surface area contributed by atoms with Crippen molar-refractivity contribution in [2.45, 2.75) is 12.8 Å². The molecule has 26 heavy (non-hydrogen) atoms. The molecule has 0 atom stereocenters. The highest BCUT2D eigenvalue weighted by Crippen LogP contribution is 2.24. The van der Waals surface area contributed by atoms with Crippen LogP contribution >= 0.6 is 0 Å². The van der Waals surface area contributed by atoms with Gasteiger partial charge in [0, 0.05) is 45.0 Å². The topological polar surface area (TPSA) is 70.6 Å². The van der Waals surface area contributed by atoms with Crippen molar-refractivity contribution in [3.63, 3.8) is 0 Å². The van der Waals surface area contributed by atoms with Crippen molar-refractivity contribution in [3.05, 3.63) is 36.5 Å². The molecule has 1 aromatic heterocycles. The lowest BCUT2D eigenvalue weighted by Crippen LogP contribution is -2.40. The molecule has 1 aromatic carbocycles. The monoisotopic (exact) mass is 355 g/mol. The number of aromatic nitrogens is 2. The number of benzene rings is 1. The summed E-state index contributed by atoms with van der Waals surface area (Å²) in [4.78, 5) is 24.9. The van der Waals surface area contributed by atoms with Gasteiger partial charge in [-0.3, -0.25) is 4.79 Å². The Labute approximate surface area is 154 Å². The fourth-order valence-electron chi connectivity index (χ4n) is 3.08. The number of anilines is 3. The first-order valence-corrected chi connectivity index (χ1v) is 8.77. The molecule has 0 spiro atoms. The smallest absolute Gasteiger partial charge is 0.227 e. The minimum atomic E-state index is 0.0989. The van der Waals surface area contributed by atoms with Gasteiger partial charge in [-0.25, -0.2) is 4.98 Å². The third-order valence-corrected chi connectivity index (χ3v) is 4.57. The van der Waals surface area contributed by atoms with Crippen molar-refractivity contribution in [2.24, 2.45) is 5.92 Å². The molecule has 1 aliphatic rings. The number of amides is 1. The molecule has 0 saturated carbocycles. The van der Waals surface area contributed by atoms with Gasteiger partial charge in [0.05, 0.1) is 7.11 Å². The second-order valence-corrected chi connectivity index (χ2v) is 6.59. The normalized spacial score (nSPS) is 14.8. The lowest BCUT2D eigenvalue weighted by molar-refractivity contribution is -0.133. The van der Waals surface area contributed by atoms with Crippen LogP contribution in [0.4, 0.5) is 17.5 Å². The highest BCUT2D eigenvalue weighted by atomic mass is 16.5. The van der Waals surface area contributed by atoms with Crippen LogP contribution in [0.3, 0.4) is 0 Å². The average molecular weight is 355 g/mol. The fourth-order valence-corrected chi connectivity index (χ4v) is 3.08. The summed E-state index contributed by atoms with van der Waals surface area (Å²) >= 11 is 0. The fraction of sp³-hybridized carbons (Fsp3) is 0.421. The van der Waals surface area contributed by atoms with Gasteiger partial charge in [-0.2, -0.15) is 4.98 Å². The van der Waals surface area contributed by atoms with E-state index in [-0.39, 0.29) is 11.8 Å². The van der Waals surface area contributed by atoms with Gasteiger partial charge in [-0.15, -0.1) is 0 Å². The van der Waals surface area contributed by atoms with Crippen LogP contribution in [0.1, 0.15) is 12.8 Å². The molecule has 138 valence electrons. The Morgan fingerprint density at radius 3 is 2.50 bits per heavy atom. The zero-order valence-electron chi connectivity index (χ0n) is 15.5. The van der Waals surface area contributed by atoms with E-state index in [0.29, 0.717) is 5.95 Å². The maximum atomic E-state index is 12.1. The molecule has 0 radical (unpaired) electrons. The molecule has 2 aromatic rings. The van der Waals surface area contributed by atoms with E-state index in [4.69, 9.17) is 4.74 Å². The summed E-state index contributed by atoms with van der Waals surface area (Å²) in [7, 11) is 5.27. The molecule has 1 saturated heterocycles. The quantitative estimate of drug-likeness (QED) is 0.889. The van der Waals surface area contributed by atoms with Crippen molar-refractivity contribution >= 4 is 23.4 Å². The molecule has 0 bridgehead atoms. The third-order valence-electron chi connectivity index (χ3n) is 4.57. The van der Waals surface area contributed by atoms with Crippen molar-refractivity contribution in [1.82, 2.24) is 14.9 Å².